The highest BCUT2D eigenvalue weighted by molar-refractivity contribution is 5.25. The summed E-state index contributed by atoms with van der Waals surface area (Å²) >= 11 is 0. The molecular formula is C17H19F. The predicted molar refractivity (Wildman–Crippen MR) is 74.1 cm³/mol. The van der Waals surface area contributed by atoms with Gasteiger partial charge in [0.05, 0.1) is 0 Å². The van der Waals surface area contributed by atoms with E-state index in [4.69, 9.17) is 0 Å². The molecule has 2 rings (SSSR count). The quantitative estimate of drug-likeness (QED) is 0.722. The van der Waals surface area contributed by atoms with E-state index in [0.717, 1.165) is 6.42 Å². The molecule has 0 saturated heterocycles. The standard InChI is InChI=1S/C17H19F/c1-13(2)17(12-14-6-4-3-5-7-14)15-8-10-16(18)11-9-15/h3-11,13,17H,12H2,1-2H3. The maximum atomic E-state index is 13.0. The Kier molecular flexibility index (Phi) is 4.14. The third-order valence-corrected chi connectivity index (χ3v) is 3.40. The topological polar surface area (TPSA) is 0 Å². The number of hydrogen-bond donors (Lipinski definition) is 0. The van der Waals surface area contributed by atoms with E-state index in [1.807, 2.05) is 18.2 Å². The second kappa shape index (κ2) is 5.81. The zero-order chi connectivity index (χ0) is 13.0. The molecule has 94 valence electrons. The smallest absolute Gasteiger partial charge is 0.123 e. The van der Waals surface area contributed by atoms with Crippen molar-refractivity contribution < 1.29 is 4.39 Å². The zero-order valence-electron chi connectivity index (χ0n) is 10.9. The number of halogens is 1. The Bertz CT molecular complexity index is 471. The molecule has 2 aromatic carbocycles. The molecule has 1 atom stereocenters. The summed E-state index contributed by atoms with van der Waals surface area (Å²) in [6, 6.07) is 17.4. The van der Waals surface area contributed by atoms with Gasteiger partial charge < -0.3 is 0 Å². The van der Waals surface area contributed by atoms with Gasteiger partial charge in [-0.1, -0.05) is 56.3 Å². The molecule has 0 nitrogen and oxygen atoms in total. The van der Waals surface area contributed by atoms with Crippen molar-refractivity contribution in [2.45, 2.75) is 26.2 Å². The highest BCUT2D eigenvalue weighted by Crippen LogP contribution is 2.28. The molecule has 0 aliphatic rings. The van der Waals surface area contributed by atoms with Crippen molar-refractivity contribution in [1.29, 1.82) is 0 Å². The van der Waals surface area contributed by atoms with Crippen molar-refractivity contribution in [1.82, 2.24) is 0 Å². The molecule has 0 saturated carbocycles. The summed E-state index contributed by atoms with van der Waals surface area (Å²) in [5, 5.41) is 0. The van der Waals surface area contributed by atoms with Gasteiger partial charge in [0.2, 0.25) is 0 Å². The van der Waals surface area contributed by atoms with Gasteiger partial charge in [0.15, 0.2) is 0 Å². The average molecular weight is 242 g/mol. The van der Waals surface area contributed by atoms with Gasteiger partial charge in [-0.25, -0.2) is 4.39 Å². The summed E-state index contributed by atoms with van der Waals surface area (Å²) in [6.45, 7) is 4.44. The Morgan fingerprint density at radius 3 is 2.06 bits per heavy atom. The molecule has 0 aliphatic carbocycles. The van der Waals surface area contributed by atoms with Gasteiger partial charge >= 0.3 is 0 Å². The molecular weight excluding hydrogens is 223 g/mol. The number of benzene rings is 2. The van der Waals surface area contributed by atoms with Crippen molar-refractivity contribution in [3.05, 3.63) is 71.5 Å². The van der Waals surface area contributed by atoms with E-state index < -0.39 is 0 Å². The fourth-order valence-electron chi connectivity index (χ4n) is 2.32. The Labute approximate surface area is 108 Å². The summed E-state index contributed by atoms with van der Waals surface area (Å²) in [5.41, 5.74) is 2.55. The minimum Gasteiger partial charge on any atom is -0.207 e. The van der Waals surface area contributed by atoms with Crippen LogP contribution in [0.15, 0.2) is 54.6 Å². The third kappa shape index (κ3) is 3.19. The first kappa shape index (κ1) is 12.8. The van der Waals surface area contributed by atoms with Crippen LogP contribution >= 0.6 is 0 Å². The first-order valence-electron chi connectivity index (χ1n) is 6.46. The second-order valence-electron chi connectivity index (χ2n) is 5.09. The normalized spacial score (nSPS) is 12.7. The highest BCUT2D eigenvalue weighted by atomic mass is 19.1. The van der Waals surface area contributed by atoms with Crippen molar-refractivity contribution in [2.24, 2.45) is 5.92 Å². The maximum absolute atomic E-state index is 13.0. The average Bonchev–Trinajstić information content (AvgIpc) is 2.38. The van der Waals surface area contributed by atoms with Crippen LogP contribution < -0.4 is 0 Å². The molecule has 18 heavy (non-hydrogen) atoms. The van der Waals surface area contributed by atoms with Crippen molar-refractivity contribution in [3.63, 3.8) is 0 Å². The maximum Gasteiger partial charge on any atom is 0.123 e. The molecule has 1 heteroatoms. The lowest BCUT2D eigenvalue weighted by molar-refractivity contribution is 0.494. The van der Waals surface area contributed by atoms with Crippen LogP contribution in [0.25, 0.3) is 0 Å². The van der Waals surface area contributed by atoms with Crippen LogP contribution in [-0.2, 0) is 6.42 Å². The van der Waals surface area contributed by atoms with Gasteiger partial charge in [-0.3, -0.25) is 0 Å². The van der Waals surface area contributed by atoms with E-state index in [9.17, 15) is 4.39 Å². The van der Waals surface area contributed by atoms with E-state index >= 15 is 0 Å². The lowest BCUT2D eigenvalue weighted by Gasteiger charge is -2.21. The van der Waals surface area contributed by atoms with Gasteiger partial charge in [0, 0.05) is 0 Å². The van der Waals surface area contributed by atoms with Crippen LogP contribution in [0, 0.1) is 11.7 Å². The Morgan fingerprint density at radius 1 is 0.889 bits per heavy atom. The zero-order valence-corrected chi connectivity index (χ0v) is 10.9. The molecule has 0 radical (unpaired) electrons. The lowest BCUT2D eigenvalue weighted by Crippen LogP contribution is -2.10. The number of hydrogen-bond acceptors (Lipinski definition) is 0. The van der Waals surface area contributed by atoms with Gasteiger partial charge in [-0.2, -0.15) is 0 Å². The molecule has 0 N–H and O–H groups in total. The molecule has 1 unspecified atom stereocenters. The SMILES string of the molecule is CC(C)C(Cc1ccccc1)c1ccc(F)cc1. The summed E-state index contributed by atoms with van der Waals surface area (Å²) in [6.07, 6.45) is 1.00. The third-order valence-electron chi connectivity index (χ3n) is 3.40. The summed E-state index contributed by atoms with van der Waals surface area (Å²) in [4.78, 5) is 0. The molecule has 0 fully saturated rings. The fraction of sp³-hybridized carbons (Fsp3) is 0.294. The van der Waals surface area contributed by atoms with Gasteiger partial charge in [0.1, 0.15) is 5.82 Å². The minimum atomic E-state index is -0.166. The molecule has 0 spiro atoms. The Morgan fingerprint density at radius 2 is 1.50 bits per heavy atom. The second-order valence-corrected chi connectivity index (χ2v) is 5.09. The first-order valence-corrected chi connectivity index (χ1v) is 6.46. The van der Waals surface area contributed by atoms with E-state index in [2.05, 4.69) is 38.1 Å². The Balaban J connectivity index is 2.21. The van der Waals surface area contributed by atoms with Gasteiger partial charge in [0.25, 0.3) is 0 Å². The van der Waals surface area contributed by atoms with Crippen molar-refractivity contribution in [3.8, 4) is 0 Å². The van der Waals surface area contributed by atoms with Crippen LogP contribution in [0.4, 0.5) is 4.39 Å². The molecule has 0 aliphatic heterocycles. The van der Waals surface area contributed by atoms with E-state index in [1.165, 1.54) is 11.1 Å². The number of rotatable bonds is 4. The van der Waals surface area contributed by atoms with Gasteiger partial charge in [-0.15, -0.1) is 0 Å². The predicted octanol–water partition coefficient (Wildman–Crippen LogP) is 4.81. The van der Waals surface area contributed by atoms with Gasteiger partial charge in [-0.05, 0) is 41.5 Å². The largest absolute Gasteiger partial charge is 0.207 e. The van der Waals surface area contributed by atoms with Crippen LogP contribution in [0.2, 0.25) is 0 Å². The summed E-state index contributed by atoms with van der Waals surface area (Å²) in [5.74, 6) is 0.810. The monoisotopic (exact) mass is 242 g/mol. The summed E-state index contributed by atoms with van der Waals surface area (Å²) in [7, 11) is 0. The fourth-order valence-corrected chi connectivity index (χ4v) is 2.32. The molecule has 0 heterocycles. The van der Waals surface area contributed by atoms with Crippen molar-refractivity contribution in [2.75, 3.05) is 0 Å². The van der Waals surface area contributed by atoms with Crippen molar-refractivity contribution >= 4 is 0 Å². The minimum absolute atomic E-state index is 0.166. The first-order chi connectivity index (χ1) is 8.66. The Hall–Kier alpha value is -1.63. The van der Waals surface area contributed by atoms with E-state index in [-0.39, 0.29) is 5.82 Å². The lowest BCUT2D eigenvalue weighted by atomic mass is 9.83. The van der Waals surface area contributed by atoms with Crippen LogP contribution in [0.1, 0.15) is 30.9 Å². The molecule has 0 aromatic heterocycles. The van der Waals surface area contributed by atoms with E-state index in [0.29, 0.717) is 11.8 Å². The van der Waals surface area contributed by atoms with Crippen LogP contribution in [0.3, 0.4) is 0 Å². The van der Waals surface area contributed by atoms with Crippen LogP contribution in [0.5, 0.6) is 0 Å². The molecule has 0 bridgehead atoms. The van der Waals surface area contributed by atoms with Crippen LogP contribution in [-0.4, -0.2) is 0 Å². The summed E-state index contributed by atoms with van der Waals surface area (Å²) < 4.78 is 13.0. The molecule has 0 amide bonds. The molecule has 2 aromatic rings. The van der Waals surface area contributed by atoms with E-state index in [1.54, 1.807) is 12.1 Å². The highest BCUT2D eigenvalue weighted by Gasteiger charge is 2.16.